The van der Waals surface area contributed by atoms with E-state index in [1.165, 1.54) is 12.8 Å². The lowest BCUT2D eigenvalue weighted by atomic mass is 9.99. The van der Waals surface area contributed by atoms with Gasteiger partial charge in [0, 0.05) is 35.7 Å². The molecule has 0 spiro atoms. The topological polar surface area (TPSA) is 42.2 Å². The Kier molecular flexibility index (Phi) is 3.23. The second kappa shape index (κ2) is 4.89. The van der Waals surface area contributed by atoms with Crippen LogP contribution in [0.4, 0.5) is 11.5 Å². The van der Waals surface area contributed by atoms with E-state index in [1.54, 1.807) is 0 Å². The van der Waals surface area contributed by atoms with Gasteiger partial charge in [0.25, 0.3) is 0 Å². The molecule has 0 saturated carbocycles. The molecule has 4 heteroatoms. The number of hydrogen-bond acceptors (Lipinski definition) is 3. The molecule has 2 N–H and O–H groups in total. The van der Waals surface area contributed by atoms with Gasteiger partial charge in [-0.25, -0.2) is 4.98 Å². The number of nitrogens with two attached hydrogens (primary N) is 1. The number of benzene rings is 1. The molecule has 2 aromatic rings. The van der Waals surface area contributed by atoms with Crippen molar-refractivity contribution < 1.29 is 0 Å². The monoisotopic (exact) mass is 275 g/mol. The van der Waals surface area contributed by atoms with Gasteiger partial charge in [0.1, 0.15) is 5.82 Å². The second-order valence-corrected chi connectivity index (χ2v) is 5.77. The summed E-state index contributed by atoms with van der Waals surface area (Å²) >= 11 is 6.36. The van der Waals surface area contributed by atoms with Gasteiger partial charge in [0.05, 0.1) is 5.02 Å². The normalized spacial score (nSPS) is 17.1. The van der Waals surface area contributed by atoms with Crippen LogP contribution in [0.2, 0.25) is 5.02 Å². The molecule has 1 aromatic carbocycles. The quantitative estimate of drug-likeness (QED) is 0.807. The average molecular weight is 276 g/mol. The fraction of sp³-hybridized carbons (Fsp3) is 0.400. The van der Waals surface area contributed by atoms with Crippen LogP contribution in [0, 0.1) is 5.92 Å². The van der Waals surface area contributed by atoms with Gasteiger partial charge in [0.2, 0.25) is 0 Å². The van der Waals surface area contributed by atoms with Crippen molar-refractivity contribution in [3.63, 3.8) is 0 Å². The van der Waals surface area contributed by atoms with Crippen LogP contribution in [0.15, 0.2) is 24.4 Å². The van der Waals surface area contributed by atoms with Gasteiger partial charge in [0.15, 0.2) is 0 Å². The molecule has 0 amide bonds. The van der Waals surface area contributed by atoms with Crippen molar-refractivity contribution in [2.24, 2.45) is 5.92 Å². The van der Waals surface area contributed by atoms with Crippen LogP contribution in [0.25, 0.3) is 10.8 Å². The molecule has 1 aliphatic heterocycles. The summed E-state index contributed by atoms with van der Waals surface area (Å²) in [5.41, 5.74) is 6.80. The van der Waals surface area contributed by atoms with Gasteiger partial charge in [-0.15, -0.1) is 0 Å². The maximum absolute atomic E-state index is 6.36. The van der Waals surface area contributed by atoms with Crippen molar-refractivity contribution in [2.45, 2.75) is 19.8 Å². The number of pyridine rings is 1. The minimum Gasteiger partial charge on any atom is -0.398 e. The molecule has 0 bridgehead atoms. The molecule has 0 radical (unpaired) electrons. The first-order chi connectivity index (χ1) is 9.16. The zero-order valence-corrected chi connectivity index (χ0v) is 11.8. The highest BCUT2D eigenvalue weighted by Crippen LogP contribution is 2.35. The smallest absolute Gasteiger partial charge is 0.137 e. The Labute approximate surface area is 118 Å². The van der Waals surface area contributed by atoms with Crippen LogP contribution in [0.3, 0.4) is 0 Å². The number of aromatic nitrogens is 1. The maximum atomic E-state index is 6.36. The first kappa shape index (κ1) is 12.5. The predicted molar refractivity (Wildman–Crippen MR) is 81.8 cm³/mol. The fourth-order valence-corrected chi connectivity index (χ4v) is 2.97. The Bertz CT molecular complexity index is 604. The van der Waals surface area contributed by atoms with Crippen LogP contribution >= 0.6 is 11.6 Å². The van der Waals surface area contributed by atoms with Crippen molar-refractivity contribution in [3.05, 3.63) is 29.4 Å². The van der Waals surface area contributed by atoms with Crippen molar-refractivity contribution in [1.82, 2.24) is 4.98 Å². The van der Waals surface area contributed by atoms with Gasteiger partial charge in [-0.05, 0) is 37.0 Å². The van der Waals surface area contributed by atoms with Crippen LogP contribution in [0.1, 0.15) is 19.8 Å². The first-order valence-corrected chi connectivity index (χ1v) is 7.12. The largest absolute Gasteiger partial charge is 0.398 e. The number of nitrogens with zero attached hydrogens (tertiary/aromatic N) is 2. The summed E-state index contributed by atoms with van der Waals surface area (Å²) < 4.78 is 0. The Morgan fingerprint density at radius 1 is 1.26 bits per heavy atom. The lowest BCUT2D eigenvalue weighted by Gasteiger charge is -2.32. The molecule has 1 saturated heterocycles. The third kappa shape index (κ3) is 2.23. The van der Waals surface area contributed by atoms with Crippen molar-refractivity contribution in [3.8, 4) is 0 Å². The Hall–Kier alpha value is -1.48. The summed E-state index contributed by atoms with van der Waals surface area (Å²) in [6.07, 6.45) is 4.23. The number of halogens is 1. The van der Waals surface area contributed by atoms with E-state index in [2.05, 4.69) is 16.8 Å². The number of piperidine rings is 1. The minimum atomic E-state index is 0.728. The standard InChI is InChI=1S/C15H18ClN3/c1-10-5-8-19(9-6-10)15-14-11(4-7-18-15)13(17)3-2-12(14)16/h2-4,7,10H,5-6,8-9,17H2,1H3. The summed E-state index contributed by atoms with van der Waals surface area (Å²) in [6.45, 7) is 4.38. The molecule has 1 aliphatic rings. The van der Waals surface area contributed by atoms with E-state index >= 15 is 0 Å². The SMILES string of the molecule is CC1CCN(c2nccc3c(N)ccc(Cl)c23)CC1. The highest BCUT2D eigenvalue weighted by molar-refractivity contribution is 6.37. The Balaban J connectivity index is 2.11. The van der Waals surface area contributed by atoms with Crippen LogP contribution in [0.5, 0.6) is 0 Å². The van der Waals surface area contributed by atoms with Crippen LogP contribution in [-0.4, -0.2) is 18.1 Å². The zero-order valence-electron chi connectivity index (χ0n) is 11.1. The van der Waals surface area contributed by atoms with Gasteiger partial charge >= 0.3 is 0 Å². The van der Waals surface area contributed by atoms with Gasteiger partial charge in [-0.3, -0.25) is 0 Å². The van der Waals surface area contributed by atoms with Crippen molar-refractivity contribution >= 4 is 33.9 Å². The molecular formula is C15H18ClN3. The molecule has 0 aliphatic carbocycles. The van der Waals surface area contributed by atoms with Crippen molar-refractivity contribution in [2.75, 3.05) is 23.7 Å². The average Bonchev–Trinajstić information content (AvgIpc) is 2.43. The molecule has 100 valence electrons. The number of rotatable bonds is 1. The summed E-state index contributed by atoms with van der Waals surface area (Å²) in [7, 11) is 0. The lowest BCUT2D eigenvalue weighted by Crippen LogP contribution is -2.33. The van der Waals surface area contributed by atoms with E-state index in [1.807, 2.05) is 24.4 Å². The minimum absolute atomic E-state index is 0.728. The molecular weight excluding hydrogens is 258 g/mol. The Morgan fingerprint density at radius 2 is 2.00 bits per heavy atom. The third-order valence-corrected chi connectivity index (χ3v) is 4.29. The number of nitrogen functional groups attached to an aromatic ring is 1. The number of hydrogen-bond donors (Lipinski definition) is 1. The van der Waals surface area contributed by atoms with Gasteiger partial charge < -0.3 is 10.6 Å². The van der Waals surface area contributed by atoms with E-state index in [4.69, 9.17) is 17.3 Å². The number of anilines is 2. The molecule has 0 unspecified atom stereocenters. The van der Waals surface area contributed by atoms with E-state index in [0.29, 0.717) is 0 Å². The van der Waals surface area contributed by atoms with E-state index in [0.717, 1.165) is 46.3 Å². The van der Waals surface area contributed by atoms with E-state index < -0.39 is 0 Å². The van der Waals surface area contributed by atoms with Crippen molar-refractivity contribution in [1.29, 1.82) is 0 Å². The molecule has 19 heavy (non-hydrogen) atoms. The molecule has 2 heterocycles. The van der Waals surface area contributed by atoms with E-state index in [-0.39, 0.29) is 0 Å². The third-order valence-electron chi connectivity index (χ3n) is 3.97. The summed E-state index contributed by atoms with van der Waals surface area (Å²) in [4.78, 5) is 6.87. The first-order valence-electron chi connectivity index (χ1n) is 6.74. The maximum Gasteiger partial charge on any atom is 0.137 e. The molecule has 3 nitrogen and oxygen atoms in total. The zero-order chi connectivity index (χ0) is 13.4. The number of fused-ring (bicyclic) bond motifs is 1. The second-order valence-electron chi connectivity index (χ2n) is 5.36. The molecule has 0 atom stereocenters. The summed E-state index contributed by atoms with van der Waals surface area (Å²) in [6, 6.07) is 5.65. The van der Waals surface area contributed by atoms with E-state index in [9.17, 15) is 0 Å². The van der Waals surface area contributed by atoms with Gasteiger partial charge in [-0.2, -0.15) is 0 Å². The van der Waals surface area contributed by atoms with Crippen LogP contribution in [-0.2, 0) is 0 Å². The van der Waals surface area contributed by atoms with Gasteiger partial charge in [-0.1, -0.05) is 18.5 Å². The molecule has 3 rings (SSSR count). The Morgan fingerprint density at radius 3 is 2.74 bits per heavy atom. The summed E-state index contributed by atoms with van der Waals surface area (Å²) in [5, 5.41) is 2.71. The van der Waals surface area contributed by atoms with Crippen LogP contribution < -0.4 is 10.6 Å². The molecule has 1 aromatic heterocycles. The predicted octanol–water partition coefficient (Wildman–Crippen LogP) is 3.71. The molecule has 1 fully saturated rings. The lowest BCUT2D eigenvalue weighted by molar-refractivity contribution is 0.437. The fourth-order valence-electron chi connectivity index (χ4n) is 2.72. The highest BCUT2D eigenvalue weighted by Gasteiger charge is 2.20. The summed E-state index contributed by atoms with van der Waals surface area (Å²) in [5.74, 6) is 1.77. The highest BCUT2D eigenvalue weighted by atomic mass is 35.5.